The van der Waals surface area contributed by atoms with Crippen LogP contribution in [-0.4, -0.2) is 52.5 Å². The van der Waals surface area contributed by atoms with Gasteiger partial charge in [0.25, 0.3) is 0 Å². The van der Waals surface area contributed by atoms with Crippen LogP contribution in [0.25, 0.3) is 0 Å². The van der Waals surface area contributed by atoms with Crippen LogP contribution in [0.1, 0.15) is 12.2 Å². The van der Waals surface area contributed by atoms with Crippen LogP contribution in [0, 0.1) is 0 Å². The van der Waals surface area contributed by atoms with E-state index >= 15 is 0 Å². The molecule has 1 fully saturated rings. The lowest BCUT2D eigenvalue weighted by molar-refractivity contribution is -0.149. The quantitative estimate of drug-likeness (QED) is 0.784. The van der Waals surface area contributed by atoms with E-state index in [1.807, 2.05) is 11.0 Å². The molecule has 1 aliphatic heterocycles. The number of carboxylic acids is 1. The number of aliphatic carboxylic acids is 1. The predicted molar refractivity (Wildman–Crippen MR) is 71.9 cm³/mol. The van der Waals surface area contributed by atoms with Crippen LogP contribution in [0.2, 0.25) is 0 Å². The smallest absolute Gasteiger partial charge is 0.305 e. The van der Waals surface area contributed by atoms with E-state index < -0.39 is 12.0 Å². The third kappa shape index (κ3) is 3.27. The summed E-state index contributed by atoms with van der Waals surface area (Å²) in [7, 11) is 0. The van der Waals surface area contributed by atoms with Gasteiger partial charge in [-0.05, 0) is 12.1 Å². The Kier molecular flexibility index (Phi) is 4.57. The number of amides is 1. The molecule has 1 atom stereocenters. The molecule has 1 aromatic heterocycles. The van der Waals surface area contributed by atoms with Crippen LogP contribution < -0.4 is 0 Å². The van der Waals surface area contributed by atoms with Crippen LogP contribution in [0.4, 0.5) is 0 Å². The molecule has 20 heavy (non-hydrogen) atoms. The summed E-state index contributed by atoms with van der Waals surface area (Å²) in [5.41, 5.74) is 0. The van der Waals surface area contributed by atoms with Gasteiger partial charge in [-0.2, -0.15) is 0 Å². The van der Waals surface area contributed by atoms with Crippen LogP contribution in [0.15, 0.2) is 35.5 Å². The van der Waals surface area contributed by atoms with E-state index in [0.29, 0.717) is 26.2 Å². The Morgan fingerprint density at radius 1 is 1.55 bits per heavy atom. The van der Waals surface area contributed by atoms with Gasteiger partial charge in [-0.25, -0.2) is 0 Å². The number of hydrogen-bond acceptors (Lipinski definition) is 4. The second kappa shape index (κ2) is 6.38. The van der Waals surface area contributed by atoms with Crippen molar-refractivity contribution in [2.75, 3.05) is 19.6 Å². The zero-order chi connectivity index (χ0) is 14.5. The van der Waals surface area contributed by atoms with Crippen molar-refractivity contribution in [2.45, 2.75) is 19.0 Å². The molecule has 2 rings (SSSR count). The minimum Gasteiger partial charge on any atom is -0.481 e. The third-order valence-corrected chi connectivity index (χ3v) is 3.35. The fourth-order valence-corrected chi connectivity index (χ4v) is 2.39. The third-order valence-electron chi connectivity index (χ3n) is 3.35. The summed E-state index contributed by atoms with van der Waals surface area (Å²) in [6.07, 6.45) is 3.02. The standard InChI is InChI=1S/C14H18N2O4/c1-2-5-15-6-7-16(10-11-4-3-8-20-11)12(14(15)19)9-13(17)18/h2-4,8,12H,1,5-7,9-10H2,(H,17,18). The SMILES string of the molecule is C=CCN1CCN(Cc2ccco2)C(CC(=O)O)C1=O. The van der Waals surface area contributed by atoms with E-state index in [-0.39, 0.29) is 12.3 Å². The number of furan rings is 1. The molecule has 0 aliphatic carbocycles. The Morgan fingerprint density at radius 2 is 2.35 bits per heavy atom. The molecule has 0 radical (unpaired) electrons. The maximum atomic E-state index is 12.3. The van der Waals surface area contributed by atoms with Crippen LogP contribution in [-0.2, 0) is 16.1 Å². The summed E-state index contributed by atoms with van der Waals surface area (Å²) in [6.45, 7) is 5.70. The van der Waals surface area contributed by atoms with Crippen LogP contribution in [0.3, 0.4) is 0 Å². The Morgan fingerprint density at radius 3 is 2.95 bits per heavy atom. The summed E-state index contributed by atoms with van der Waals surface area (Å²) in [5, 5.41) is 9.00. The average Bonchev–Trinajstić information content (AvgIpc) is 2.90. The molecule has 1 saturated heterocycles. The van der Waals surface area contributed by atoms with E-state index in [0.717, 1.165) is 5.76 Å². The van der Waals surface area contributed by atoms with E-state index in [4.69, 9.17) is 9.52 Å². The number of carboxylic acid groups (broad SMARTS) is 1. The Bertz CT molecular complexity index is 483. The molecule has 6 heteroatoms. The molecule has 0 aromatic carbocycles. The first kappa shape index (κ1) is 14.3. The number of hydrogen-bond donors (Lipinski definition) is 1. The highest BCUT2D eigenvalue weighted by atomic mass is 16.4. The first-order chi connectivity index (χ1) is 9.61. The van der Waals surface area contributed by atoms with Crippen molar-refractivity contribution in [3.05, 3.63) is 36.8 Å². The highest BCUT2D eigenvalue weighted by molar-refractivity contribution is 5.87. The highest BCUT2D eigenvalue weighted by Gasteiger charge is 2.35. The minimum absolute atomic E-state index is 0.162. The average molecular weight is 278 g/mol. The molecule has 108 valence electrons. The van der Waals surface area contributed by atoms with Crippen molar-refractivity contribution in [1.82, 2.24) is 9.80 Å². The second-order valence-electron chi connectivity index (χ2n) is 4.74. The molecule has 1 amide bonds. The van der Waals surface area contributed by atoms with Gasteiger partial charge in [-0.1, -0.05) is 6.08 Å². The van der Waals surface area contributed by atoms with Crippen molar-refractivity contribution in [3.8, 4) is 0 Å². The lowest BCUT2D eigenvalue weighted by atomic mass is 10.1. The maximum Gasteiger partial charge on any atom is 0.305 e. The Hall–Kier alpha value is -2.08. The van der Waals surface area contributed by atoms with Crippen LogP contribution in [0.5, 0.6) is 0 Å². The number of carbonyl (C=O) groups excluding carboxylic acids is 1. The van der Waals surface area contributed by atoms with Crippen molar-refractivity contribution >= 4 is 11.9 Å². The molecule has 2 heterocycles. The summed E-state index contributed by atoms with van der Waals surface area (Å²) in [4.78, 5) is 26.8. The molecule has 6 nitrogen and oxygen atoms in total. The van der Waals surface area contributed by atoms with Gasteiger partial charge in [-0.15, -0.1) is 6.58 Å². The van der Waals surface area contributed by atoms with Gasteiger partial charge in [0.05, 0.1) is 19.2 Å². The number of carbonyl (C=O) groups is 2. The van der Waals surface area contributed by atoms with Crippen molar-refractivity contribution in [1.29, 1.82) is 0 Å². The molecule has 1 unspecified atom stereocenters. The molecule has 1 aliphatic rings. The summed E-state index contributed by atoms with van der Waals surface area (Å²) >= 11 is 0. The van der Waals surface area contributed by atoms with Gasteiger partial charge < -0.3 is 14.4 Å². The number of piperazine rings is 1. The first-order valence-electron chi connectivity index (χ1n) is 6.49. The highest BCUT2D eigenvalue weighted by Crippen LogP contribution is 2.18. The summed E-state index contributed by atoms with van der Waals surface area (Å²) < 4.78 is 5.27. The zero-order valence-corrected chi connectivity index (χ0v) is 11.2. The maximum absolute atomic E-state index is 12.3. The van der Waals surface area contributed by atoms with Crippen LogP contribution >= 0.6 is 0 Å². The van der Waals surface area contributed by atoms with Gasteiger partial charge in [0, 0.05) is 19.6 Å². The lowest BCUT2D eigenvalue weighted by Crippen LogP contribution is -2.57. The molecule has 1 aromatic rings. The lowest BCUT2D eigenvalue weighted by Gasteiger charge is -2.39. The normalized spacial score (nSPS) is 20.1. The molecule has 0 spiro atoms. The minimum atomic E-state index is -0.978. The predicted octanol–water partition coefficient (Wildman–Crippen LogP) is 0.953. The Balaban J connectivity index is 2.11. The van der Waals surface area contributed by atoms with Gasteiger partial charge in [0.1, 0.15) is 11.8 Å². The van der Waals surface area contributed by atoms with Gasteiger partial charge in [0.2, 0.25) is 5.91 Å². The van der Waals surface area contributed by atoms with Gasteiger partial charge >= 0.3 is 5.97 Å². The largest absolute Gasteiger partial charge is 0.481 e. The van der Waals surface area contributed by atoms with Crippen molar-refractivity contribution in [2.24, 2.45) is 0 Å². The van der Waals surface area contributed by atoms with Gasteiger partial charge in [0.15, 0.2) is 0 Å². The fourth-order valence-electron chi connectivity index (χ4n) is 2.39. The number of rotatable bonds is 6. The number of nitrogens with zero attached hydrogens (tertiary/aromatic N) is 2. The first-order valence-corrected chi connectivity index (χ1v) is 6.49. The van der Waals surface area contributed by atoms with Crippen molar-refractivity contribution < 1.29 is 19.1 Å². The Labute approximate surface area is 117 Å². The topological polar surface area (TPSA) is 74.0 Å². The molecule has 1 N–H and O–H groups in total. The monoisotopic (exact) mass is 278 g/mol. The zero-order valence-electron chi connectivity index (χ0n) is 11.2. The van der Waals surface area contributed by atoms with Gasteiger partial charge in [-0.3, -0.25) is 14.5 Å². The second-order valence-corrected chi connectivity index (χ2v) is 4.74. The fraction of sp³-hybridized carbons (Fsp3) is 0.429. The molecular weight excluding hydrogens is 260 g/mol. The molecule has 0 saturated carbocycles. The molecular formula is C14H18N2O4. The van der Waals surface area contributed by atoms with Crippen molar-refractivity contribution in [3.63, 3.8) is 0 Å². The van der Waals surface area contributed by atoms with E-state index in [1.165, 1.54) is 0 Å². The summed E-state index contributed by atoms with van der Waals surface area (Å²) in [6, 6.07) is 2.95. The summed E-state index contributed by atoms with van der Waals surface area (Å²) in [5.74, 6) is -0.413. The van der Waals surface area contributed by atoms with E-state index in [1.54, 1.807) is 23.3 Å². The van der Waals surface area contributed by atoms with E-state index in [9.17, 15) is 9.59 Å². The van der Waals surface area contributed by atoms with E-state index in [2.05, 4.69) is 6.58 Å². The molecule has 0 bridgehead atoms.